The first-order valence-electron chi connectivity index (χ1n) is 5.74. The Labute approximate surface area is 128 Å². The maximum absolute atomic E-state index is 11.5. The van der Waals surface area contributed by atoms with Gasteiger partial charge in [-0.25, -0.2) is 4.79 Å². The molecular formula is C13H16NNaO3. The Morgan fingerprint density at radius 1 is 1.22 bits per heavy atom. The number of rotatable bonds is 5. The molecule has 0 bridgehead atoms. The van der Waals surface area contributed by atoms with Crippen molar-refractivity contribution < 1.29 is 14.7 Å². The first-order valence-corrected chi connectivity index (χ1v) is 5.74. The quantitative estimate of drug-likeness (QED) is 0.767. The Morgan fingerprint density at radius 3 is 2.33 bits per heavy atom. The zero-order valence-corrected chi connectivity index (χ0v) is 9.48. The molecule has 92 valence electrons. The van der Waals surface area contributed by atoms with Gasteiger partial charge in [-0.3, -0.25) is 4.79 Å². The summed E-state index contributed by atoms with van der Waals surface area (Å²) < 4.78 is 0. The molecule has 1 fully saturated rings. The van der Waals surface area contributed by atoms with E-state index in [-0.39, 0.29) is 41.0 Å². The van der Waals surface area contributed by atoms with Crippen LogP contribution in [-0.4, -0.2) is 53.1 Å². The van der Waals surface area contributed by atoms with Gasteiger partial charge in [0.15, 0.2) is 0 Å². The zero-order valence-electron chi connectivity index (χ0n) is 9.48. The molecule has 0 unspecified atom stereocenters. The van der Waals surface area contributed by atoms with Gasteiger partial charge in [-0.2, -0.15) is 0 Å². The molecular weight excluding hydrogens is 241 g/mol. The van der Waals surface area contributed by atoms with Gasteiger partial charge >= 0.3 is 35.5 Å². The van der Waals surface area contributed by atoms with Gasteiger partial charge < -0.3 is 10.4 Å². The van der Waals surface area contributed by atoms with E-state index in [1.165, 1.54) is 25.0 Å². The summed E-state index contributed by atoms with van der Waals surface area (Å²) in [7, 11) is 0. The summed E-state index contributed by atoms with van der Waals surface area (Å²) in [5, 5.41) is 11.6. The molecule has 1 aliphatic carbocycles. The Hall–Kier alpha value is -0.840. The minimum atomic E-state index is -0.949. The van der Waals surface area contributed by atoms with E-state index < -0.39 is 5.97 Å². The van der Waals surface area contributed by atoms with Crippen LogP contribution in [0.3, 0.4) is 0 Å². The molecule has 2 N–H and O–H groups in total. The van der Waals surface area contributed by atoms with Gasteiger partial charge in [0.2, 0.25) is 5.91 Å². The van der Waals surface area contributed by atoms with Crippen molar-refractivity contribution in [2.75, 3.05) is 6.54 Å². The van der Waals surface area contributed by atoms with Gasteiger partial charge in [-0.05, 0) is 36.5 Å². The molecule has 1 amide bonds. The van der Waals surface area contributed by atoms with E-state index in [0.29, 0.717) is 12.3 Å². The van der Waals surface area contributed by atoms with Gasteiger partial charge in [0.05, 0.1) is 12.0 Å². The van der Waals surface area contributed by atoms with Crippen molar-refractivity contribution in [3.63, 3.8) is 0 Å². The van der Waals surface area contributed by atoms with Crippen molar-refractivity contribution >= 4 is 41.4 Å². The number of nitrogens with one attached hydrogen (secondary N) is 1. The van der Waals surface area contributed by atoms with Gasteiger partial charge in [0.25, 0.3) is 0 Å². The standard InChI is InChI=1S/C13H15NO3.Na.H/c15-12(14-8-10-1-2-10)7-9-3-5-11(6-4-9)13(16)17;;/h3-6,10H,1-2,7-8H2,(H,14,15)(H,16,17);;. The van der Waals surface area contributed by atoms with E-state index in [1.807, 2.05) is 0 Å². The monoisotopic (exact) mass is 257 g/mol. The zero-order chi connectivity index (χ0) is 12.3. The molecule has 1 aromatic rings. The second-order valence-corrected chi connectivity index (χ2v) is 4.43. The predicted molar refractivity (Wildman–Crippen MR) is 70.0 cm³/mol. The number of aromatic carboxylic acids is 1. The Bertz CT molecular complexity index is 426. The van der Waals surface area contributed by atoms with Gasteiger partial charge in [-0.15, -0.1) is 0 Å². The molecule has 0 saturated heterocycles. The number of carbonyl (C=O) groups excluding carboxylic acids is 1. The second kappa shape index (κ2) is 6.92. The number of carboxylic acid groups (broad SMARTS) is 1. The van der Waals surface area contributed by atoms with E-state index in [1.54, 1.807) is 12.1 Å². The van der Waals surface area contributed by atoms with E-state index in [4.69, 9.17) is 5.11 Å². The third kappa shape index (κ3) is 4.80. The summed E-state index contributed by atoms with van der Waals surface area (Å²) in [6, 6.07) is 6.40. The molecule has 0 heterocycles. The number of benzene rings is 1. The molecule has 0 spiro atoms. The maximum atomic E-state index is 11.5. The number of carbonyl (C=O) groups is 2. The molecule has 18 heavy (non-hydrogen) atoms. The van der Waals surface area contributed by atoms with Crippen LogP contribution in [0.5, 0.6) is 0 Å². The molecule has 0 aliphatic heterocycles. The normalized spacial score (nSPS) is 13.6. The van der Waals surface area contributed by atoms with Crippen LogP contribution < -0.4 is 5.32 Å². The van der Waals surface area contributed by atoms with Crippen LogP contribution >= 0.6 is 0 Å². The summed E-state index contributed by atoms with van der Waals surface area (Å²) in [5.41, 5.74) is 1.08. The van der Waals surface area contributed by atoms with Crippen molar-refractivity contribution in [3.05, 3.63) is 35.4 Å². The minimum absolute atomic E-state index is 0. The molecule has 1 aromatic carbocycles. The van der Waals surface area contributed by atoms with Gasteiger partial charge in [-0.1, -0.05) is 12.1 Å². The number of hydrogen-bond donors (Lipinski definition) is 2. The van der Waals surface area contributed by atoms with E-state index in [9.17, 15) is 9.59 Å². The fourth-order valence-corrected chi connectivity index (χ4v) is 1.59. The summed E-state index contributed by atoms with van der Waals surface area (Å²) in [4.78, 5) is 22.2. The average Bonchev–Trinajstić information content (AvgIpc) is 3.11. The van der Waals surface area contributed by atoms with Crippen LogP contribution in [0, 0.1) is 5.92 Å². The molecule has 2 rings (SSSR count). The first-order chi connectivity index (χ1) is 8.15. The summed E-state index contributed by atoms with van der Waals surface area (Å²) in [6.45, 7) is 0.770. The van der Waals surface area contributed by atoms with E-state index in [2.05, 4.69) is 5.32 Å². The molecule has 4 nitrogen and oxygen atoms in total. The Morgan fingerprint density at radius 2 is 1.83 bits per heavy atom. The molecule has 1 saturated carbocycles. The Kier molecular flexibility index (Phi) is 5.85. The molecule has 0 aromatic heterocycles. The predicted octanol–water partition coefficient (Wildman–Crippen LogP) is 0.805. The summed E-state index contributed by atoms with van der Waals surface area (Å²) in [6.07, 6.45) is 2.74. The van der Waals surface area contributed by atoms with Crippen molar-refractivity contribution in [1.29, 1.82) is 0 Å². The SMILES string of the molecule is O=C(Cc1ccc(C(=O)O)cc1)NCC1CC1.[NaH]. The van der Waals surface area contributed by atoms with Gasteiger partial charge in [0.1, 0.15) is 0 Å². The second-order valence-electron chi connectivity index (χ2n) is 4.43. The number of carboxylic acids is 1. The fraction of sp³-hybridized carbons (Fsp3) is 0.385. The third-order valence-corrected chi connectivity index (χ3v) is 2.85. The van der Waals surface area contributed by atoms with Crippen LogP contribution in [0.4, 0.5) is 0 Å². The number of hydrogen-bond acceptors (Lipinski definition) is 2. The van der Waals surface area contributed by atoms with Crippen LogP contribution in [0.25, 0.3) is 0 Å². The average molecular weight is 257 g/mol. The Balaban J connectivity index is 0.00000162. The van der Waals surface area contributed by atoms with Crippen LogP contribution in [0.15, 0.2) is 24.3 Å². The molecule has 5 heteroatoms. The van der Waals surface area contributed by atoms with Crippen LogP contribution in [0.1, 0.15) is 28.8 Å². The van der Waals surface area contributed by atoms with Gasteiger partial charge in [0, 0.05) is 6.54 Å². The fourth-order valence-electron chi connectivity index (χ4n) is 1.59. The van der Waals surface area contributed by atoms with Crippen molar-refractivity contribution in [1.82, 2.24) is 5.32 Å². The summed E-state index contributed by atoms with van der Waals surface area (Å²) in [5.74, 6) is -0.275. The van der Waals surface area contributed by atoms with Crippen LogP contribution in [-0.2, 0) is 11.2 Å². The summed E-state index contributed by atoms with van der Waals surface area (Å²) >= 11 is 0. The van der Waals surface area contributed by atoms with Crippen molar-refractivity contribution in [3.8, 4) is 0 Å². The topological polar surface area (TPSA) is 66.4 Å². The van der Waals surface area contributed by atoms with Crippen molar-refractivity contribution in [2.45, 2.75) is 19.3 Å². The van der Waals surface area contributed by atoms with Crippen molar-refractivity contribution in [2.24, 2.45) is 5.92 Å². The number of amides is 1. The van der Waals surface area contributed by atoms with Crippen LogP contribution in [0.2, 0.25) is 0 Å². The molecule has 1 aliphatic rings. The van der Waals surface area contributed by atoms with E-state index >= 15 is 0 Å². The first kappa shape index (κ1) is 15.2. The third-order valence-electron chi connectivity index (χ3n) is 2.85. The van der Waals surface area contributed by atoms with E-state index in [0.717, 1.165) is 12.1 Å². The molecule has 0 atom stereocenters. The molecule has 0 radical (unpaired) electrons.